The van der Waals surface area contributed by atoms with Crippen molar-refractivity contribution in [2.24, 2.45) is 5.92 Å². The predicted molar refractivity (Wildman–Crippen MR) is 47.9 cm³/mol. The van der Waals surface area contributed by atoms with Crippen LogP contribution < -0.4 is 0 Å². The van der Waals surface area contributed by atoms with Gasteiger partial charge in [0.1, 0.15) is 10.4 Å². The molecule has 0 spiro atoms. The van der Waals surface area contributed by atoms with Crippen molar-refractivity contribution in [3.05, 3.63) is 0 Å². The van der Waals surface area contributed by atoms with Crippen molar-refractivity contribution < 1.29 is 14.3 Å². The van der Waals surface area contributed by atoms with Gasteiger partial charge >= 0.3 is 5.97 Å². The van der Waals surface area contributed by atoms with E-state index in [0.29, 0.717) is 19.6 Å². The average molecular weight is 225 g/mol. The highest BCUT2D eigenvalue weighted by molar-refractivity contribution is 6.52. The van der Waals surface area contributed by atoms with Gasteiger partial charge in [-0.05, 0) is 6.42 Å². The van der Waals surface area contributed by atoms with Crippen molar-refractivity contribution in [2.75, 3.05) is 13.2 Å². The molecule has 1 aliphatic carbocycles. The van der Waals surface area contributed by atoms with Crippen molar-refractivity contribution in [2.45, 2.75) is 23.3 Å². The molecule has 0 aromatic heterocycles. The molecule has 5 heteroatoms. The van der Waals surface area contributed by atoms with E-state index in [2.05, 4.69) is 0 Å². The maximum Gasteiger partial charge on any atom is 0.312 e. The summed E-state index contributed by atoms with van der Waals surface area (Å²) in [4.78, 5) is 11.3. The minimum atomic E-state index is -0.878. The molecule has 2 unspecified atom stereocenters. The van der Waals surface area contributed by atoms with E-state index in [-0.39, 0.29) is 18.0 Å². The van der Waals surface area contributed by atoms with E-state index >= 15 is 0 Å². The van der Waals surface area contributed by atoms with Crippen LogP contribution in [0.15, 0.2) is 0 Å². The second-order valence-corrected chi connectivity index (χ2v) is 4.98. The zero-order chi connectivity index (χ0) is 9.47. The molecule has 2 rings (SSSR count). The van der Waals surface area contributed by atoms with Gasteiger partial charge in [-0.2, -0.15) is 0 Å². The lowest BCUT2D eigenvalue weighted by Crippen LogP contribution is -2.20. The van der Waals surface area contributed by atoms with Crippen LogP contribution in [0.3, 0.4) is 0 Å². The van der Waals surface area contributed by atoms with Gasteiger partial charge in [0.05, 0.1) is 19.1 Å². The summed E-state index contributed by atoms with van der Waals surface area (Å²) in [6.45, 7) is 1.16. The lowest BCUT2D eigenvalue weighted by atomic mass is 10.3. The predicted octanol–water partition coefficient (Wildman–Crippen LogP) is 1.51. The summed E-state index contributed by atoms with van der Waals surface area (Å²) < 4.78 is 9.33. The first-order valence-electron chi connectivity index (χ1n) is 4.25. The van der Waals surface area contributed by atoms with Crippen LogP contribution in [0.5, 0.6) is 0 Å². The van der Waals surface area contributed by atoms with E-state index in [0.717, 1.165) is 6.42 Å². The number of carbonyl (C=O) groups is 1. The quantitative estimate of drug-likeness (QED) is 0.527. The second-order valence-electron chi connectivity index (χ2n) is 3.44. The molecule has 13 heavy (non-hydrogen) atoms. The lowest BCUT2D eigenvalue weighted by Gasteiger charge is -2.09. The molecule has 1 heterocycles. The van der Waals surface area contributed by atoms with E-state index in [1.807, 2.05) is 0 Å². The molecule has 1 aliphatic heterocycles. The highest BCUT2D eigenvalue weighted by Crippen LogP contribution is 2.53. The summed E-state index contributed by atoms with van der Waals surface area (Å²) in [6.07, 6.45) is 1.18. The minimum Gasteiger partial charge on any atom is -0.460 e. The van der Waals surface area contributed by atoms with Gasteiger partial charge in [0.15, 0.2) is 0 Å². The molecular formula is C8H10Cl2O3. The number of rotatable bonds is 2. The summed E-state index contributed by atoms with van der Waals surface area (Å²) in [6, 6.07) is 0. The van der Waals surface area contributed by atoms with Crippen molar-refractivity contribution in [1.29, 1.82) is 0 Å². The standard InChI is InChI=1S/C8H10Cl2O3/c9-8(10)3-6(8)7(11)13-5-1-2-12-4-5/h5-6H,1-4H2. The van der Waals surface area contributed by atoms with E-state index in [1.165, 1.54) is 0 Å². The fourth-order valence-electron chi connectivity index (χ4n) is 1.32. The van der Waals surface area contributed by atoms with Gasteiger partial charge in [-0.1, -0.05) is 0 Å². The molecular weight excluding hydrogens is 215 g/mol. The smallest absolute Gasteiger partial charge is 0.312 e. The van der Waals surface area contributed by atoms with E-state index in [1.54, 1.807) is 0 Å². The van der Waals surface area contributed by atoms with Crippen molar-refractivity contribution in [1.82, 2.24) is 0 Å². The van der Waals surface area contributed by atoms with Crippen LogP contribution in [-0.2, 0) is 14.3 Å². The maximum absolute atomic E-state index is 11.3. The molecule has 2 atom stereocenters. The number of carbonyl (C=O) groups excluding carboxylic acids is 1. The van der Waals surface area contributed by atoms with Crippen molar-refractivity contribution in [3.63, 3.8) is 0 Å². The van der Waals surface area contributed by atoms with Crippen molar-refractivity contribution >= 4 is 29.2 Å². The Morgan fingerprint density at radius 3 is 2.69 bits per heavy atom. The molecule has 2 fully saturated rings. The third-order valence-corrected chi connectivity index (χ3v) is 3.12. The molecule has 1 saturated heterocycles. The van der Waals surface area contributed by atoms with Crippen molar-refractivity contribution in [3.8, 4) is 0 Å². The highest BCUT2D eigenvalue weighted by Gasteiger charge is 2.57. The third-order valence-electron chi connectivity index (χ3n) is 2.28. The molecule has 1 saturated carbocycles. The average Bonchev–Trinajstić information content (AvgIpc) is 2.49. The first kappa shape index (κ1) is 9.56. The third kappa shape index (κ3) is 2.09. The van der Waals surface area contributed by atoms with Gasteiger partial charge in [0.25, 0.3) is 0 Å². The molecule has 0 amide bonds. The van der Waals surface area contributed by atoms with Gasteiger partial charge in [-0.15, -0.1) is 23.2 Å². The van der Waals surface area contributed by atoms with Crippen LogP contribution in [-0.4, -0.2) is 29.6 Å². The van der Waals surface area contributed by atoms with Crippen LogP contribution >= 0.6 is 23.2 Å². The van der Waals surface area contributed by atoms with Gasteiger partial charge in [-0.3, -0.25) is 4.79 Å². The molecule has 0 aromatic carbocycles. The highest BCUT2D eigenvalue weighted by atomic mass is 35.5. The number of alkyl halides is 2. The Morgan fingerprint density at radius 2 is 2.23 bits per heavy atom. The summed E-state index contributed by atoms with van der Waals surface area (Å²) in [5.41, 5.74) is 0. The first-order chi connectivity index (χ1) is 6.09. The van der Waals surface area contributed by atoms with Gasteiger partial charge in [0.2, 0.25) is 0 Å². The SMILES string of the molecule is O=C(OC1CCOC1)C1CC1(Cl)Cl. The normalized spacial score (nSPS) is 35.8. The van der Waals surface area contributed by atoms with Gasteiger partial charge in [0, 0.05) is 6.42 Å². The Morgan fingerprint density at radius 1 is 1.54 bits per heavy atom. The maximum atomic E-state index is 11.3. The molecule has 0 radical (unpaired) electrons. The molecule has 0 bridgehead atoms. The lowest BCUT2D eigenvalue weighted by molar-refractivity contribution is -0.150. The fraction of sp³-hybridized carbons (Fsp3) is 0.875. The molecule has 0 aromatic rings. The summed E-state index contributed by atoms with van der Waals surface area (Å²) in [7, 11) is 0. The monoisotopic (exact) mass is 224 g/mol. The molecule has 74 valence electrons. The van der Waals surface area contributed by atoms with Gasteiger partial charge in [-0.25, -0.2) is 0 Å². The number of hydrogen-bond acceptors (Lipinski definition) is 3. The number of halogens is 2. The Kier molecular flexibility index (Phi) is 2.43. The largest absolute Gasteiger partial charge is 0.460 e. The van der Waals surface area contributed by atoms with Crippen LogP contribution in [0.1, 0.15) is 12.8 Å². The summed E-state index contributed by atoms with van der Waals surface area (Å²) >= 11 is 11.4. The van der Waals surface area contributed by atoms with Crippen LogP contribution in [0, 0.1) is 5.92 Å². The van der Waals surface area contributed by atoms with Gasteiger partial charge < -0.3 is 9.47 Å². The fourth-order valence-corrected chi connectivity index (χ4v) is 1.81. The minimum absolute atomic E-state index is 0.0998. The van der Waals surface area contributed by atoms with Crippen LogP contribution in [0.2, 0.25) is 0 Å². The number of ether oxygens (including phenoxy) is 2. The Labute approximate surface area is 86.3 Å². The number of hydrogen-bond donors (Lipinski definition) is 0. The second kappa shape index (κ2) is 3.30. The Balaban J connectivity index is 1.79. The van der Waals surface area contributed by atoms with E-state index in [9.17, 15) is 4.79 Å². The Hall–Kier alpha value is 0.01000. The Bertz CT molecular complexity index is 223. The molecule has 3 nitrogen and oxygen atoms in total. The molecule has 0 N–H and O–H groups in total. The zero-order valence-corrected chi connectivity index (χ0v) is 8.48. The topological polar surface area (TPSA) is 35.5 Å². The van der Waals surface area contributed by atoms with E-state index in [4.69, 9.17) is 32.7 Å². The molecule has 2 aliphatic rings. The summed E-state index contributed by atoms with van der Waals surface area (Å²) in [5, 5.41) is 0. The van der Waals surface area contributed by atoms with E-state index < -0.39 is 4.33 Å². The van der Waals surface area contributed by atoms with Crippen LogP contribution in [0.25, 0.3) is 0 Å². The zero-order valence-electron chi connectivity index (χ0n) is 6.96. The first-order valence-corrected chi connectivity index (χ1v) is 5.01. The van der Waals surface area contributed by atoms with Crippen LogP contribution in [0.4, 0.5) is 0 Å². The summed E-state index contributed by atoms with van der Waals surface area (Å²) in [5.74, 6) is -0.628. The number of esters is 1.